The van der Waals surface area contributed by atoms with Gasteiger partial charge in [-0.05, 0) is 31.2 Å². The monoisotopic (exact) mass is 370 g/mol. The lowest BCUT2D eigenvalue weighted by molar-refractivity contribution is -0.118. The van der Waals surface area contributed by atoms with Crippen LogP contribution in [0.25, 0.3) is 10.9 Å². The first-order valence-corrected chi connectivity index (χ1v) is 8.13. The third-order valence-electron chi connectivity index (χ3n) is 4.25. The smallest absolute Gasteiger partial charge is 0.252 e. The van der Waals surface area contributed by atoms with Crippen LogP contribution in [0.1, 0.15) is 29.4 Å². The molecule has 8 heteroatoms. The van der Waals surface area contributed by atoms with E-state index in [0.29, 0.717) is 16.7 Å². The number of ether oxygens (including phenoxy) is 1. The highest BCUT2D eigenvalue weighted by Crippen LogP contribution is 2.32. The molecule has 0 spiro atoms. The molecule has 27 heavy (non-hydrogen) atoms. The van der Waals surface area contributed by atoms with Gasteiger partial charge in [-0.1, -0.05) is 0 Å². The van der Waals surface area contributed by atoms with Crippen molar-refractivity contribution in [1.82, 2.24) is 4.98 Å². The number of rotatable bonds is 5. The number of aryl methyl sites for hydroxylation is 1. The summed E-state index contributed by atoms with van der Waals surface area (Å²) in [6, 6.07) is 7.78. The van der Waals surface area contributed by atoms with E-state index in [4.69, 9.17) is 14.9 Å². The van der Waals surface area contributed by atoms with Crippen molar-refractivity contribution >= 4 is 16.8 Å². The molecule has 8 nitrogen and oxygen atoms in total. The molecular formula is C19H18N2O6. The number of methoxy groups -OCH3 is 1. The van der Waals surface area contributed by atoms with Crippen LogP contribution in [0.3, 0.4) is 0 Å². The van der Waals surface area contributed by atoms with Crippen LogP contribution in [0, 0.1) is 6.92 Å². The number of amides is 1. The second-order valence-corrected chi connectivity index (χ2v) is 6.16. The van der Waals surface area contributed by atoms with Crippen molar-refractivity contribution in [2.45, 2.75) is 19.3 Å². The summed E-state index contributed by atoms with van der Waals surface area (Å²) >= 11 is 0. The molecule has 0 saturated carbocycles. The zero-order valence-corrected chi connectivity index (χ0v) is 14.7. The Balaban J connectivity index is 2.27. The van der Waals surface area contributed by atoms with Crippen molar-refractivity contribution in [3.8, 4) is 11.5 Å². The second-order valence-electron chi connectivity index (χ2n) is 6.16. The second kappa shape index (κ2) is 6.99. The Labute approximate surface area is 153 Å². The Bertz CT molecular complexity index is 1150. The van der Waals surface area contributed by atoms with Gasteiger partial charge in [-0.15, -0.1) is 0 Å². The third kappa shape index (κ3) is 3.55. The quantitative estimate of drug-likeness (QED) is 0.623. The number of fused-ring (bicyclic) bond motifs is 1. The van der Waals surface area contributed by atoms with E-state index in [9.17, 15) is 19.5 Å². The highest BCUT2D eigenvalue weighted by Gasteiger charge is 2.27. The van der Waals surface area contributed by atoms with E-state index < -0.39 is 28.6 Å². The van der Waals surface area contributed by atoms with Crippen molar-refractivity contribution in [3.63, 3.8) is 0 Å². The maximum atomic E-state index is 12.6. The van der Waals surface area contributed by atoms with Crippen LogP contribution in [0.15, 0.2) is 44.3 Å². The molecule has 0 fully saturated rings. The molecule has 3 aromatic rings. The molecule has 0 aliphatic carbocycles. The lowest BCUT2D eigenvalue weighted by atomic mass is 9.92. The maximum absolute atomic E-state index is 12.6. The third-order valence-corrected chi connectivity index (χ3v) is 4.25. The number of pyridine rings is 1. The van der Waals surface area contributed by atoms with E-state index in [1.165, 1.54) is 14.0 Å². The largest absolute Gasteiger partial charge is 0.502 e. The molecule has 0 bridgehead atoms. The molecule has 140 valence electrons. The van der Waals surface area contributed by atoms with Crippen LogP contribution < -0.4 is 21.5 Å². The lowest BCUT2D eigenvalue weighted by Gasteiger charge is -2.16. The molecule has 1 aromatic carbocycles. The van der Waals surface area contributed by atoms with Crippen molar-refractivity contribution in [3.05, 3.63) is 68.0 Å². The maximum Gasteiger partial charge on any atom is 0.252 e. The van der Waals surface area contributed by atoms with E-state index in [-0.39, 0.29) is 23.5 Å². The van der Waals surface area contributed by atoms with Crippen LogP contribution in [-0.2, 0) is 4.79 Å². The van der Waals surface area contributed by atoms with Gasteiger partial charge in [0.2, 0.25) is 17.1 Å². The van der Waals surface area contributed by atoms with Crippen molar-refractivity contribution in [2.24, 2.45) is 5.73 Å². The summed E-state index contributed by atoms with van der Waals surface area (Å²) in [5.41, 5.74) is 4.89. The van der Waals surface area contributed by atoms with E-state index in [2.05, 4.69) is 4.98 Å². The van der Waals surface area contributed by atoms with Gasteiger partial charge in [0.1, 0.15) is 11.5 Å². The molecule has 3 rings (SSSR count). The molecule has 0 aliphatic rings. The topological polar surface area (TPSA) is 136 Å². The fourth-order valence-electron chi connectivity index (χ4n) is 2.99. The number of carbonyl (C=O) groups excluding carboxylic acids is 1. The van der Waals surface area contributed by atoms with Gasteiger partial charge < -0.3 is 25.0 Å². The first kappa shape index (κ1) is 18.2. The predicted octanol–water partition coefficient (Wildman–Crippen LogP) is 1.51. The lowest BCUT2D eigenvalue weighted by Crippen LogP contribution is -2.23. The number of hydrogen-bond acceptors (Lipinski definition) is 6. The van der Waals surface area contributed by atoms with Gasteiger partial charge >= 0.3 is 0 Å². The minimum atomic E-state index is -1.02. The Morgan fingerprint density at radius 1 is 1.30 bits per heavy atom. The van der Waals surface area contributed by atoms with Crippen LogP contribution >= 0.6 is 0 Å². The van der Waals surface area contributed by atoms with Crippen LogP contribution in [0.4, 0.5) is 0 Å². The number of nitrogens with two attached hydrogens (primary N) is 1. The number of nitrogens with one attached hydrogen (secondary N) is 1. The first-order chi connectivity index (χ1) is 12.8. The number of benzene rings is 1. The molecule has 4 N–H and O–H groups in total. The number of aromatic amines is 1. The minimum absolute atomic E-state index is 0.138. The van der Waals surface area contributed by atoms with Crippen LogP contribution in [0.2, 0.25) is 0 Å². The highest BCUT2D eigenvalue weighted by atomic mass is 16.5. The standard InChI is InChI=1S/C19H18N2O6/c1-9-5-15(22)17(24)18(27-9)12(8-16(20)23)13-7-10-6-11(26-2)3-4-14(10)21-19(13)25/h3-7,12,24H,8H2,1-2H3,(H2,20,23)(H,21,25). The van der Waals surface area contributed by atoms with E-state index in [0.717, 1.165) is 6.07 Å². The molecule has 2 heterocycles. The van der Waals surface area contributed by atoms with E-state index in [1.54, 1.807) is 24.3 Å². The summed E-state index contributed by atoms with van der Waals surface area (Å²) in [5, 5.41) is 10.8. The number of aromatic hydroxyl groups is 1. The number of H-pyrrole nitrogens is 1. The molecule has 0 aliphatic heterocycles. The van der Waals surface area contributed by atoms with Gasteiger partial charge in [0.05, 0.1) is 13.0 Å². The molecule has 1 atom stereocenters. The van der Waals surface area contributed by atoms with E-state index in [1.807, 2.05) is 0 Å². The van der Waals surface area contributed by atoms with Crippen molar-refractivity contribution in [2.75, 3.05) is 7.11 Å². The Morgan fingerprint density at radius 3 is 2.70 bits per heavy atom. The van der Waals surface area contributed by atoms with Crippen LogP contribution in [-0.4, -0.2) is 23.1 Å². The SMILES string of the molecule is COc1ccc2[nH]c(=O)c(C(CC(N)=O)c3oc(C)cc(=O)c3O)cc2c1. The average molecular weight is 370 g/mol. The number of primary amides is 1. The zero-order chi connectivity index (χ0) is 19.7. The first-order valence-electron chi connectivity index (χ1n) is 8.13. The van der Waals surface area contributed by atoms with Crippen molar-refractivity contribution < 1.29 is 19.1 Å². The van der Waals surface area contributed by atoms with Gasteiger partial charge in [0.15, 0.2) is 5.76 Å². The molecule has 0 saturated heterocycles. The summed E-state index contributed by atoms with van der Waals surface area (Å²) in [4.78, 5) is 38.9. The number of aromatic nitrogens is 1. The molecule has 0 radical (unpaired) electrons. The minimum Gasteiger partial charge on any atom is -0.502 e. The number of hydrogen-bond donors (Lipinski definition) is 3. The summed E-state index contributed by atoms with van der Waals surface area (Å²) < 4.78 is 10.7. The van der Waals surface area contributed by atoms with Crippen molar-refractivity contribution in [1.29, 1.82) is 0 Å². The van der Waals surface area contributed by atoms with Gasteiger partial charge in [-0.25, -0.2) is 0 Å². The fraction of sp³-hybridized carbons (Fsp3) is 0.211. The molecule has 2 aromatic heterocycles. The fourth-order valence-corrected chi connectivity index (χ4v) is 2.99. The number of carbonyl (C=O) groups is 1. The van der Waals surface area contributed by atoms with Gasteiger partial charge in [-0.2, -0.15) is 0 Å². The summed E-state index contributed by atoms with van der Waals surface area (Å²) in [5.74, 6) is -1.75. The molecule has 1 amide bonds. The highest BCUT2D eigenvalue weighted by molar-refractivity contribution is 5.81. The predicted molar refractivity (Wildman–Crippen MR) is 98.2 cm³/mol. The van der Waals surface area contributed by atoms with Gasteiger partial charge in [0, 0.05) is 29.0 Å². The summed E-state index contributed by atoms with van der Waals surface area (Å²) in [6.07, 6.45) is -0.321. The van der Waals surface area contributed by atoms with E-state index >= 15 is 0 Å². The molecular weight excluding hydrogens is 352 g/mol. The summed E-state index contributed by atoms with van der Waals surface area (Å²) in [7, 11) is 1.52. The zero-order valence-electron chi connectivity index (χ0n) is 14.7. The Kier molecular flexibility index (Phi) is 4.72. The Morgan fingerprint density at radius 2 is 2.04 bits per heavy atom. The van der Waals surface area contributed by atoms with Crippen LogP contribution in [0.5, 0.6) is 11.5 Å². The van der Waals surface area contributed by atoms with Gasteiger partial charge in [-0.3, -0.25) is 14.4 Å². The normalized spacial score (nSPS) is 12.1. The van der Waals surface area contributed by atoms with Gasteiger partial charge in [0.25, 0.3) is 5.56 Å². The average Bonchev–Trinajstić information content (AvgIpc) is 2.62. The Hall–Kier alpha value is -3.55. The summed E-state index contributed by atoms with van der Waals surface area (Å²) in [6.45, 7) is 1.53. The molecule has 1 unspecified atom stereocenters.